The number of nitrogen functional groups attached to an aromatic ring is 1. The molecule has 1 rings (SSSR count). The van der Waals surface area contributed by atoms with Gasteiger partial charge in [-0.15, -0.1) is 0 Å². The van der Waals surface area contributed by atoms with Gasteiger partial charge in [-0.05, 0) is 0 Å². The number of nitrogens with zero attached hydrogens (tertiary/aromatic N) is 2. The number of aromatic nitrogens is 2. The van der Waals surface area contributed by atoms with Gasteiger partial charge in [0.1, 0.15) is 0 Å². The Morgan fingerprint density at radius 3 is 1.95 bits per heavy atom. The van der Waals surface area contributed by atoms with Gasteiger partial charge in [-0.3, -0.25) is 0 Å². The molecule has 1 aromatic heterocycles. The molecule has 0 spiro atoms. The molecule has 1 aromatic rings. The second-order valence-corrected chi connectivity index (χ2v) is 3.19. The van der Waals surface area contributed by atoms with Crippen molar-refractivity contribution in [3.8, 4) is 11.8 Å². The van der Waals surface area contributed by atoms with Crippen LogP contribution in [0.5, 0.6) is 11.8 Å². The highest BCUT2D eigenvalue weighted by Gasteiger charge is 2.59. The number of alkyl halides is 6. The minimum absolute atomic E-state index is 0.328. The third kappa shape index (κ3) is 4.03. The van der Waals surface area contributed by atoms with Gasteiger partial charge in [-0.25, -0.2) is 0 Å². The summed E-state index contributed by atoms with van der Waals surface area (Å²) in [6, 6.07) is 0.654. The molecule has 0 saturated heterocycles. The Hall–Kier alpha value is -1.94. The van der Waals surface area contributed by atoms with Gasteiger partial charge in [0, 0.05) is 0 Å². The van der Waals surface area contributed by atoms with Crippen molar-refractivity contribution in [3.05, 3.63) is 6.07 Å². The Kier molecular flexibility index (Phi) is 3.96. The standard InChI is InChI=1S/C8H7F6N3O2/c1-18-3-2-4(17-6(15)16-3)19-5(7(9,10)11)8(12,13)14/h2,5H,1H3,(H2,15,16,17). The largest absolute Gasteiger partial charge is 0.481 e. The third-order valence-electron chi connectivity index (χ3n) is 1.74. The number of halogens is 6. The maximum absolute atomic E-state index is 12.2. The molecule has 0 atom stereocenters. The molecule has 5 nitrogen and oxygen atoms in total. The quantitative estimate of drug-likeness (QED) is 0.862. The van der Waals surface area contributed by atoms with Crippen LogP contribution in [0.2, 0.25) is 0 Å². The van der Waals surface area contributed by atoms with Crippen molar-refractivity contribution < 1.29 is 35.8 Å². The Labute approximate surface area is 102 Å². The summed E-state index contributed by atoms with van der Waals surface area (Å²) >= 11 is 0. The zero-order valence-corrected chi connectivity index (χ0v) is 9.21. The van der Waals surface area contributed by atoms with Crippen LogP contribution in [0.25, 0.3) is 0 Å². The topological polar surface area (TPSA) is 70.3 Å². The fraction of sp³-hybridized carbons (Fsp3) is 0.500. The zero-order valence-electron chi connectivity index (χ0n) is 9.21. The van der Waals surface area contributed by atoms with Gasteiger partial charge in [0.25, 0.3) is 6.10 Å². The van der Waals surface area contributed by atoms with Crippen molar-refractivity contribution in [2.45, 2.75) is 18.5 Å². The minimum Gasteiger partial charge on any atom is -0.481 e. The van der Waals surface area contributed by atoms with Crippen LogP contribution < -0.4 is 15.2 Å². The second-order valence-electron chi connectivity index (χ2n) is 3.19. The predicted octanol–water partition coefficient (Wildman–Crippen LogP) is 1.94. The van der Waals surface area contributed by atoms with E-state index in [4.69, 9.17) is 5.73 Å². The van der Waals surface area contributed by atoms with E-state index in [1.165, 1.54) is 0 Å². The van der Waals surface area contributed by atoms with Crippen LogP contribution in [0.4, 0.5) is 32.3 Å². The number of anilines is 1. The molecule has 0 amide bonds. The molecule has 11 heteroatoms. The van der Waals surface area contributed by atoms with Gasteiger partial charge in [0.15, 0.2) is 0 Å². The third-order valence-corrected chi connectivity index (χ3v) is 1.74. The molecule has 108 valence electrons. The monoisotopic (exact) mass is 291 g/mol. The first-order valence-electron chi connectivity index (χ1n) is 4.52. The molecule has 0 fully saturated rings. The number of hydrogen-bond donors (Lipinski definition) is 1. The number of ether oxygens (including phenoxy) is 2. The van der Waals surface area contributed by atoms with Gasteiger partial charge in [-0.2, -0.15) is 36.3 Å². The van der Waals surface area contributed by atoms with Crippen molar-refractivity contribution in [3.63, 3.8) is 0 Å². The lowest BCUT2D eigenvalue weighted by molar-refractivity contribution is -0.300. The first kappa shape index (κ1) is 15.1. The maximum Gasteiger partial charge on any atom is 0.434 e. The van der Waals surface area contributed by atoms with Crippen molar-refractivity contribution in [2.24, 2.45) is 0 Å². The molecule has 0 aliphatic rings. The summed E-state index contributed by atoms with van der Waals surface area (Å²) in [7, 11) is 1.09. The fourth-order valence-corrected chi connectivity index (χ4v) is 1.03. The molecule has 0 unspecified atom stereocenters. The summed E-state index contributed by atoms with van der Waals surface area (Å²) < 4.78 is 81.7. The minimum atomic E-state index is -5.65. The second kappa shape index (κ2) is 4.97. The number of hydrogen-bond acceptors (Lipinski definition) is 5. The van der Waals surface area contributed by atoms with Gasteiger partial charge in [-0.1, -0.05) is 0 Å². The van der Waals surface area contributed by atoms with E-state index in [1.54, 1.807) is 0 Å². The van der Waals surface area contributed by atoms with Gasteiger partial charge in [0.2, 0.25) is 17.7 Å². The van der Waals surface area contributed by atoms with E-state index in [1.807, 2.05) is 0 Å². The van der Waals surface area contributed by atoms with Gasteiger partial charge in [0.05, 0.1) is 13.2 Å². The van der Waals surface area contributed by atoms with Crippen molar-refractivity contribution in [2.75, 3.05) is 12.8 Å². The smallest absolute Gasteiger partial charge is 0.434 e. The summed E-state index contributed by atoms with van der Waals surface area (Å²) in [5.74, 6) is -1.91. The van der Waals surface area contributed by atoms with E-state index in [0.29, 0.717) is 6.07 Å². The lowest BCUT2D eigenvalue weighted by atomic mass is 10.3. The molecule has 19 heavy (non-hydrogen) atoms. The van der Waals surface area contributed by atoms with E-state index >= 15 is 0 Å². The van der Waals surface area contributed by atoms with Crippen LogP contribution in [0.15, 0.2) is 6.07 Å². The van der Waals surface area contributed by atoms with Crippen LogP contribution in [-0.4, -0.2) is 35.5 Å². The fourth-order valence-electron chi connectivity index (χ4n) is 1.03. The van der Waals surface area contributed by atoms with Crippen LogP contribution in [0.1, 0.15) is 0 Å². The van der Waals surface area contributed by atoms with E-state index in [2.05, 4.69) is 19.4 Å². The molecular formula is C8H7F6N3O2. The zero-order chi connectivity index (χ0) is 14.8. The lowest BCUT2D eigenvalue weighted by Gasteiger charge is -2.23. The number of nitrogens with two attached hydrogens (primary N) is 1. The van der Waals surface area contributed by atoms with Crippen LogP contribution in [0.3, 0.4) is 0 Å². The van der Waals surface area contributed by atoms with Crippen molar-refractivity contribution >= 4 is 5.95 Å². The normalized spacial score (nSPS) is 12.6. The molecule has 0 bridgehead atoms. The lowest BCUT2D eigenvalue weighted by Crippen LogP contribution is -2.46. The molecule has 0 aliphatic carbocycles. The number of methoxy groups -OCH3 is 1. The average molecular weight is 291 g/mol. The Morgan fingerprint density at radius 1 is 1.05 bits per heavy atom. The van der Waals surface area contributed by atoms with Crippen molar-refractivity contribution in [1.29, 1.82) is 0 Å². The first-order chi connectivity index (χ1) is 8.54. The Balaban J connectivity index is 3.07. The molecular weight excluding hydrogens is 284 g/mol. The van der Waals surface area contributed by atoms with Gasteiger partial charge >= 0.3 is 12.4 Å². The molecule has 1 heterocycles. The predicted molar refractivity (Wildman–Crippen MR) is 49.5 cm³/mol. The maximum atomic E-state index is 12.2. The summed E-state index contributed by atoms with van der Waals surface area (Å²) in [4.78, 5) is 6.50. The molecule has 2 N–H and O–H groups in total. The van der Waals surface area contributed by atoms with E-state index in [-0.39, 0.29) is 5.88 Å². The summed E-state index contributed by atoms with van der Waals surface area (Å²) in [5, 5.41) is 0. The van der Waals surface area contributed by atoms with Crippen molar-refractivity contribution in [1.82, 2.24) is 9.97 Å². The molecule has 0 saturated carbocycles. The highest BCUT2D eigenvalue weighted by atomic mass is 19.4. The van der Waals surface area contributed by atoms with Crippen LogP contribution in [-0.2, 0) is 0 Å². The Bertz CT molecular complexity index is 433. The Morgan fingerprint density at radius 2 is 1.53 bits per heavy atom. The summed E-state index contributed by atoms with van der Waals surface area (Å²) in [5.41, 5.74) is 5.08. The molecule has 0 aliphatic heterocycles. The van der Waals surface area contributed by atoms with Crippen LogP contribution in [0, 0.1) is 0 Å². The highest BCUT2D eigenvalue weighted by Crippen LogP contribution is 2.36. The summed E-state index contributed by atoms with van der Waals surface area (Å²) in [6.07, 6.45) is -15.3. The summed E-state index contributed by atoms with van der Waals surface area (Å²) in [6.45, 7) is 0. The van der Waals surface area contributed by atoms with Gasteiger partial charge < -0.3 is 15.2 Å². The first-order valence-corrected chi connectivity index (χ1v) is 4.52. The van der Waals surface area contributed by atoms with E-state index < -0.39 is 30.3 Å². The van der Waals surface area contributed by atoms with Crippen LogP contribution >= 0.6 is 0 Å². The van der Waals surface area contributed by atoms with E-state index in [9.17, 15) is 26.3 Å². The van der Waals surface area contributed by atoms with E-state index in [0.717, 1.165) is 7.11 Å². The highest BCUT2D eigenvalue weighted by molar-refractivity contribution is 5.29. The number of rotatable bonds is 3. The average Bonchev–Trinajstić information content (AvgIpc) is 2.22. The SMILES string of the molecule is COc1cc(OC(C(F)(F)F)C(F)(F)F)nc(N)n1. The molecule has 0 aromatic carbocycles. The molecule has 0 radical (unpaired) electrons.